The smallest absolute Gasteiger partial charge is 0.130 e. The minimum Gasteiger partial charge on any atom is -0.493 e. The zero-order valence-electron chi connectivity index (χ0n) is 12.3. The van der Waals surface area contributed by atoms with Crippen molar-refractivity contribution in [3.63, 3.8) is 0 Å². The largest absolute Gasteiger partial charge is 0.493 e. The first kappa shape index (κ1) is 14.1. The van der Waals surface area contributed by atoms with E-state index in [0.29, 0.717) is 24.1 Å². The number of fused-ring (bicyclic) bond motifs is 1. The Bertz CT molecular complexity index is 651. The molecule has 1 aromatic heterocycles. The average Bonchev–Trinajstić information content (AvgIpc) is 2.53. The zero-order valence-corrected chi connectivity index (χ0v) is 12.3. The molecule has 0 spiro atoms. The molecular weight excluding hydrogens is 262 g/mol. The predicted octanol–water partition coefficient (Wildman–Crippen LogP) is 3.71. The summed E-state index contributed by atoms with van der Waals surface area (Å²) in [5.41, 5.74) is 1.52. The van der Waals surface area contributed by atoms with Crippen molar-refractivity contribution in [1.29, 1.82) is 0 Å². The number of aliphatic hydroxyl groups excluding tert-OH is 1. The van der Waals surface area contributed by atoms with Crippen LogP contribution in [0.5, 0.6) is 5.75 Å². The molecule has 110 valence electrons. The molecule has 0 fully saturated rings. The van der Waals surface area contributed by atoms with Gasteiger partial charge in [0.2, 0.25) is 0 Å². The quantitative estimate of drug-likeness (QED) is 0.870. The van der Waals surface area contributed by atoms with Gasteiger partial charge in [0.25, 0.3) is 0 Å². The average molecular weight is 283 g/mol. The van der Waals surface area contributed by atoms with Crippen LogP contribution in [0.3, 0.4) is 0 Å². The van der Waals surface area contributed by atoms with Gasteiger partial charge in [-0.15, -0.1) is 0 Å². The molecule has 2 aromatic rings. The Labute approximate surface area is 125 Å². The van der Waals surface area contributed by atoms with E-state index >= 15 is 0 Å². The molecule has 0 saturated heterocycles. The predicted molar refractivity (Wildman–Crippen MR) is 84.2 cm³/mol. The summed E-state index contributed by atoms with van der Waals surface area (Å²) in [7, 11) is 0. The third-order valence-electron chi connectivity index (χ3n) is 4.26. The van der Waals surface area contributed by atoms with Gasteiger partial charge in [-0.05, 0) is 36.8 Å². The Kier molecular flexibility index (Phi) is 4.20. The maximum absolute atomic E-state index is 9.35. The summed E-state index contributed by atoms with van der Waals surface area (Å²) in [6.45, 7) is 2.93. The highest BCUT2D eigenvalue weighted by Crippen LogP contribution is 2.29. The van der Waals surface area contributed by atoms with Gasteiger partial charge in [-0.3, -0.25) is 4.98 Å². The van der Waals surface area contributed by atoms with Gasteiger partial charge in [0.15, 0.2) is 0 Å². The number of aromatic nitrogens is 1. The number of pyridine rings is 1. The molecule has 1 aliphatic rings. The van der Waals surface area contributed by atoms with Gasteiger partial charge in [0.05, 0.1) is 24.4 Å². The minimum absolute atomic E-state index is 0.0657. The minimum atomic E-state index is -0.0657. The van der Waals surface area contributed by atoms with Crippen LogP contribution < -0.4 is 4.74 Å². The molecule has 0 radical (unpaired) electrons. The van der Waals surface area contributed by atoms with Gasteiger partial charge >= 0.3 is 0 Å². The van der Waals surface area contributed by atoms with Crippen molar-refractivity contribution in [2.45, 2.75) is 26.4 Å². The standard InChI is InChI=1S/C18H21NO2/c1-13-6-2-3-7-14(13)12-21-18-10-15(11-20)19-17-9-5-4-8-16(17)18/h2-5,8-10,13-14,20H,6-7,11-12H2,1H3. The number of para-hydroxylation sites is 1. The van der Waals surface area contributed by atoms with Crippen molar-refractivity contribution in [1.82, 2.24) is 4.98 Å². The van der Waals surface area contributed by atoms with E-state index in [-0.39, 0.29) is 6.61 Å². The molecule has 0 saturated carbocycles. The van der Waals surface area contributed by atoms with E-state index in [1.54, 1.807) is 0 Å². The first-order valence-corrected chi connectivity index (χ1v) is 7.55. The van der Waals surface area contributed by atoms with Gasteiger partial charge in [0, 0.05) is 11.5 Å². The van der Waals surface area contributed by atoms with Crippen LogP contribution in [0.4, 0.5) is 0 Å². The number of hydrogen-bond donors (Lipinski definition) is 1. The maximum Gasteiger partial charge on any atom is 0.130 e. The second-order valence-corrected chi connectivity index (χ2v) is 5.78. The van der Waals surface area contributed by atoms with Crippen molar-refractivity contribution in [2.75, 3.05) is 6.61 Å². The van der Waals surface area contributed by atoms with Crippen LogP contribution in [0, 0.1) is 11.8 Å². The third-order valence-corrected chi connectivity index (χ3v) is 4.26. The molecule has 3 rings (SSSR count). The molecule has 21 heavy (non-hydrogen) atoms. The van der Waals surface area contributed by atoms with Crippen molar-refractivity contribution in [3.8, 4) is 5.75 Å². The lowest BCUT2D eigenvalue weighted by molar-refractivity contribution is 0.199. The van der Waals surface area contributed by atoms with E-state index < -0.39 is 0 Å². The lowest BCUT2D eigenvalue weighted by Gasteiger charge is -2.25. The first-order chi connectivity index (χ1) is 10.3. The highest BCUT2D eigenvalue weighted by atomic mass is 16.5. The summed E-state index contributed by atoms with van der Waals surface area (Å²) in [6.07, 6.45) is 6.72. The maximum atomic E-state index is 9.35. The molecule has 0 bridgehead atoms. The van der Waals surface area contributed by atoms with E-state index in [0.717, 1.165) is 29.5 Å². The van der Waals surface area contributed by atoms with E-state index in [2.05, 4.69) is 24.1 Å². The molecule has 0 amide bonds. The third kappa shape index (κ3) is 3.08. The molecule has 3 nitrogen and oxygen atoms in total. The Balaban J connectivity index is 1.84. The summed E-state index contributed by atoms with van der Waals surface area (Å²) in [4.78, 5) is 4.42. The molecule has 2 unspecified atom stereocenters. The Morgan fingerprint density at radius 2 is 2.05 bits per heavy atom. The lowest BCUT2D eigenvalue weighted by Crippen LogP contribution is -2.21. The van der Waals surface area contributed by atoms with Crippen molar-refractivity contribution < 1.29 is 9.84 Å². The Morgan fingerprint density at radius 3 is 2.86 bits per heavy atom. The summed E-state index contributed by atoms with van der Waals surface area (Å²) >= 11 is 0. The molecule has 0 aliphatic heterocycles. The van der Waals surface area contributed by atoms with E-state index in [9.17, 15) is 5.11 Å². The normalized spacial score (nSPS) is 21.6. The van der Waals surface area contributed by atoms with Crippen molar-refractivity contribution in [2.24, 2.45) is 11.8 Å². The molecule has 1 aromatic carbocycles. The van der Waals surface area contributed by atoms with Gasteiger partial charge in [-0.25, -0.2) is 0 Å². The zero-order chi connectivity index (χ0) is 14.7. The van der Waals surface area contributed by atoms with Crippen LogP contribution in [-0.2, 0) is 6.61 Å². The summed E-state index contributed by atoms with van der Waals surface area (Å²) in [5, 5.41) is 10.4. The SMILES string of the molecule is CC1CC=CCC1COc1cc(CO)nc2ccccc12. The van der Waals surface area contributed by atoms with Gasteiger partial charge in [-0.2, -0.15) is 0 Å². The molecule has 1 N–H and O–H groups in total. The number of allylic oxidation sites excluding steroid dienone is 2. The molecular formula is C18H21NO2. The molecule has 1 heterocycles. The van der Waals surface area contributed by atoms with Crippen LogP contribution in [-0.4, -0.2) is 16.7 Å². The summed E-state index contributed by atoms with van der Waals surface area (Å²) in [5.74, 6) is 2.03. The highest BCUT2D eigenvalue weighted by Gasteiger charge is 2.19. The highest BCUT2D eigenvalue weighted by molar-refractivity contribution is 5.85. The summed E-state index contributed by atoms with van der Waals surface area (Å²) in [6, 6.07) is 9.76. The van der Waals surface area contributed by atoms with Gasteiger partial charge in [0.1, 0.15) is 5.75 Å². The number of aliphatic hydroxyl groups is 1. The number of benzene rings is 1. The molecule has 3 heteroatoms. The van der Waals surface area contributed by atoms with Crippen molar-refractivity contribution in [3.05, 3.63) is 48.2 Å². The monoisotopic (exact) mass is 283 g/mol. The fourth-order valence-electron chi connectivity index (χ4n) is 2.83. The van der Waals surface area contributed by atoms with E-state index in [1.807, 2.05) is 30.3 Å². The fraction of sp³-hybridized carbons (Fsp3) is 0.389. The second kappa shape index (κ2) is 6.27. The van der Waals surface area contributed by atoms with Gasteiger partial charge in [-0.1, -0.05) is 31.2 Å². The fourth-order valence-corrected chi connectivity index (χ4v) is 2.83. The van der Waals surface area contributed by atoms with Crippen LogP contribution in [0.25, 0.3) is 10.9 Å². The van der Waals surface area contributed by atoms with Crippen molar-refractivity contribution >= 4 is 10.9 Å². The van der Waals surface area contributed by atoms with Crippen LogP contribution in [0.2, 0.25) is 0 Å². The van der Waals surface area contributed by atoms with Crippen LogP contribution in [0.1, 0.15) is 25.5 Å². The van der Waals surface area contributed by atoms with E-state index in [1.165, 1.54) is 0 Å². The number of ether oxygens (including phenoxy) is 1. The number of rotatable bonds is 4. The molecule has 2 atom stereocenters. The van der Waals surface area contributed by atoms with Crippen LogP contribution in [0.15, 0.2) is 42.5 Å². The topological polar surface area (TPSA) is 42.4 Å². The number of nitrogens with zero attached hydrogens (tertiary/aromatic N) is 1. The first-order valence-electron chi connectivity index (χ1n) is 7.55. The second-order valence-electron chi connectivity index (χ2n) is 5.78. The van der Waals surface area contributed by atoms with Crippen LogP contribution >= 0.6 is 0 Å². The lowest BCUT2D eigenvalue weighted by atomic mass is 9.85. The molecule has 1 aliphatic carbocycles. The Hall–Kier alpha value is -1.87. The van der Waals surface area contributed by atoms with Gasteiger partial charge < -0.3 is 9.84 Å². The number of hydrogen-bond acceptors (Lipinski definition) is 3. The summed E-state index contributed by atoms with van der Waals surface area (Å²) < 4.78 is 6.09. The van der Waals surface area contributed by atoms with E-state index in [4.69, 9.17) is 4.74 Å². The Morgan fingerprint density at radius 1 is 1.24 bits per heavy atom.